The minimum absolute atomic E-state index is 0.540. The molecule has 128 valence electrons. The smallest absolute Gasteiger partial charge is 0.152 e. The maximum Gasteiger partial charge on any atom is 0.152 e. The molecule has 1 heterocycles. The van der Waals surface area contributed by atoms with Gasteiger partial charge in [0.2, 0.25) is 0 Å². The number of hydrogen-bond acceptors (Lipinski definition) is 5. The number of nitrogens with one attached hydrogen (secondary N) is 1. The summed E-state index contributed by atoms with van der Waals surface area (Å²) in [5, 5.41) is 0. The van der Waals surface area contributed by atoms with Gasteiger partial charge in [-0.1, -0.05) is 0 Å². The zero-order valence-corrected chi connectivity index (χ0v) is 14.2. The Kier molecular flexibility index (Phi) is 7.16. The fraction of sp³-hybridized carbons (Fsp3) is 0.588. The van der Waals surface area contributed by atoms with Crippen molar-refractivity contribution in [1.29, 1.82) is 0 Å². The Morgan fingerprint density at radius 2 is 1.91 bits per heavy atom. The van der Waals surface area contributed by atoms with Crippen LogP contribution in [-0.2, 0) is 4.74 Å². The number of piperazine rings is 1. The summed E-state index contributed by atoms with van der Waals surface area (Å²) in [7, 11) is 3.37. The molecule has 1 aliphatic rings. The van der Waals surface area contributed by atoms with Crippen LogP contribution >= 0.6 is 0 Å². The minimum atomic E-state index is 0.540. The topological polar surface area (TPSA) is 48.1 Å². The summed E-state index contributed by atoms with van der Waals surface area (Å²) in [5.41, 5.74) is 1.13. The van der Waals surface area contributed by atoms with Gasteiger partial charge >= 0.3 is 0 Å². The van der Waals surface area contributed by atoms with E-state index in [0.717, 1.165) is 56.5 Å². The van der Waals surface area contributed by atoms with Gasteiger partial charge < -0.3 is 19.1 Å². The molecule has 6 heteroatoms. The van der Waals surface area contributed by atoms with Crippen LogP contribution in [0.4, 0.5) is 5.69 Å². The third-order valence-corrected chi connectivity index (χ3v) is 4.03. The molecule has 1 fully saturated rings. The Labute approximate surface area is 138 Å². The van der Waals surface area contributed by atoms with Crippen LogP contribution in [0.1, 0.15) is 0 Å². The number of ether oxygens (including phenoxy) is 3. The van der Waals surface area contributed by atoms with Crippen LogP contribution in [0.2, 0.25) is 0 Å². The van der Waals surface area contributed by atoms with Crippen LogP contribution in [0.15, 0.2) is 18.2 Å². The fourth-order valence-corrected chi connectivity index (χ4v) is 2.70. The zero-order valence-electron chi connectivity index (χ0n) is 14.2. The predicted octanol–water partition coefficient (Wildman–Crippen LogP) is -0.376. The van der Waals surface area contributed by atoms with Gasteiger partial charge in [0, 0.05) is 39.4 Å². The maximum absolute atomic E-state index is 5.65. The van der Waals surface area contributed by atoms with E-state index in [1.54, 1.807) is 14.2 Å². The number of rotatable bonds is 9. The molecule has 0 unspecified atom stereocenters. The molecule has 1 N–H and O–H groups in total. The second-order valence-electron chi connectivity index (χ2n) is 5.50. The molecule has 0 radical (unpaired) electrons. The van der Waals surface area contributed by atoms with Crippen molar-refractivity contribution in [3.8, 4) is 11.5 Å². The van der Waals surface area contributed by atoms with E-state index in [1.165, 1.54) is 0 Å². The molecular weight excluding hydrogens is 294 g/mol. The molecule has 0 amide bonds. The van der Waals surface area contributed by atoms with Gasteiger partial charge in [-0.3, -0.25) is 9.89 Å². The molecule has 0 bridgehead atoms. The lowest BCUT2D eigenvalue weighted by molar-refractivity contribution is -0.447. The zero-order chi connectivity index (χ0) is 16.5. The van der Waals surface area contributed by atoms with Crippen molar-refractivity contribution in [1.82, 2.24) is 4.90 Å². The number of anilines is 1. The van der Waals surface area contributed by atoms with E-state index in [4.69, 9.17) is 14.2 Å². The van der Waals surface area contributed by atoms with Crippen LogP contribution in [0.3, 0.4) is 0 Å². The standard InChI is InChI=1S/C17H27N3O3/c1-18-6-7-19-8-10-20(11-9-19)16-5-4-15(14-17(16)22-3)23-13-12-21-2/h4-5,14H,1,6-13H2,2-3H3/p+1. The van der Waals surface area contributed by atoms with Crippen LogP contribution in [0.25, 0.3) is 0 Å². The van der Waals surface area contributed by atoms with Gasteiger partial charge in [-0.05, 0) is 12.1 Å². The first-order valence-electron chi connectivity index (χ1n) is 8.05. The summed E-state index contributed by atoms with van der Waals surface area (Å²) in [5.74, 6) is 1.66. The average Bonchev–Trinajstić information content (AvgIpc) is 2.60. The number of methoxy groups -OCH3 is 2. The average molecular weight is 322 g/mol. The van der Waals surface area contributed by atoms with Gasteiger partial charge in [0.1, 0.15) is 24.8 Å². The Morgan fingerprint density at radius 3 is 2.57 bits per heavy atom. The summed E-state index contributed by atoms with van der Waals surface area (Å²) in [6.07, 6.45) is 0. The summed E-state index contributed by atoms with van der Waals surface area (Å²) >= 11 is 0. The van der Waals surface area contributed by atoms with E-state index < -0.39 is 0 Å². The molecule has 6 nitrogen and oxygen atoms in total. The normalized spacial score (nSPS) is 15.5. The SMILES string of the molecule is C=[NH+]CCN1CCN(c2ccc(OCCOC)cc2OC)CC1. The van der Waals surface area contributed by atoms with E-state index in [1.807, 2.05) is 12.1 Å². The summed E-state index contributed by atoms with van der Waals surface area (Å²) in [6, 6.07) is 6.02. The second-order valence-corrected chi connectivity index (χ2v) is 5.50. The largest absolute Gasteiger partial charge is 0.494 e. The van der Waals surface area contributed by atoms with Crippen LogP contribution in [0.5, 0.6) is 11.5 Å². The van der Waals surface area contributed by atoms with Crippen molar-refractivity contribution in [3.63, 3.8) is 0 Å². The Balaban J connectivity index is 1.95. The molecule has 0 atom stereocenters. The molecular formula is C17H28N3O3+. The molecule has 0 aliphatic carbocycles. The molecule has 0 spiro atoms. The Bertz CT molecular complexity index is 488. The summed E-state index contributed by atoms with van der Waals surface area (Å²) in [6.45, 7) is 10.9. The molecule has 1 saturated heterocycles. The highest BCUT2D eigenvalue weighted by atomic mass is 16.5. The molecule has 1 aliphatic heterocycles. The van der Waals surface area contributed by atoms with Crippen LogP contribution < -0.4 is 19.4 Å². The van der Waals surface area contributed by atoms with Gasteiger partial charge in [-0.2, -0.15) is 0 Å². The van der Waals surface area contributed by atoms with E-state index in [2.05, 4.69) is 27.6 Å². The molecule has 2 rings (SSSR count). The number of nitrogens with zero attached hydrogens (tertiary/aromatic N) is 2. The number of hydrogen-bond donors (Lipinski definition) is 1. The lowest BCUT2D eigenvalue weighted by atomic mass is 10.2. The summed E-state index contributed by atoms with van der Waals surface area (Å²) in [4.78, 5) is 7.77. The first kappa shape index (κ1) is 17.6. The van der Waals surface area contributed by atoms with Gasteiger partial charge in [-0.25, -0.2) is 0 Å². The minimum Gasteiger partial charge on any atom is -0.494 e. The van der Waals surface area contributed by atoms with Crippen molar-refractivity contribution >= 4 is 12.4 Å². The fourth-order valence-electron chi connectivity index (χ4n) is 2.70. The highest BCUT2D eigenvalue weighted by molar-refractivity contribution is 5.61. The monoisotopic (exact) mass is 322 g/mol. The Hall–Kier alpha value is -1.79. The van der Waals surface area contributed by atoms with Gasteiger partial charge in [-0.15, -0.1) is 0 Å². The van der Waals surface area contributed by atoms with Gasteiger partial charge in [0.15, 0.2) is 6.54 Å². The second kappa shape index (κ2) is 9.37. The van der Waals surface area contributed by atoms with E-state index >= 15 is 0 Å². The van der Waals surface area contributed by atoms with Gasteiger partial charge in [0.05, 0.1) is 25.9 Å². The van der Waals surface area contributed by atoms with E-state index in [0.29, 0.717) is 13.2 Å². The van der Waals surface area contributed by atoms with Crippen molar-refractivity contribution < 1.29 is 19.2 Å². The molecule has 0 saturated carbocycles. The van der Waals surface area contributed by atoms with E-state index in [-0.39, 0.29) is 0 Å². The van der Waals surface area contributed by atoms with Gasteiger partial charge in [0.25, 0.3) is 0 Å². The highest BCUT2D eigenvalue weighted by Gasteiger charge is 2.20. The van der Waals surface area contributed by atoms with Crippen molar-refractivity contribution in [2.75, 3.05) is 71.6 Å². The van der Waals surface area contributed by atoms with Crippen LogP contribution in [0, 0.1) is 0 Å². The predicted molar refractivity (Wildman–Crippen MR) is 92.0 cm³/mol. The maximum atomic E-state index is 5.65. The third-order valence-electron chi connectivity index (χ3n) is 4.03. The molecule has 23 heavy (non-hydrogen) atoms. The Morgan fingerprint density at radius 1 is 1.13 bits per heavy atom. The first-order valence-corrected chi connectivity index (χ1v) is 8.05. The van der Waals surface area contributed by atoms with Crippen molar-refractivity contribution in [2.45, 2.75) is 0 Å². The molecule has 0 aromatic heterocycles. The van der Waals surface area contributed by atoms with Crippen molar-refractivity contribution in [2.24, 2.45) is 0 Å². The molecule has 1 aromatic carbocycles. The lowest BCUT2D eigenvalue weighted by Crippen LogP contribution is -2.69. The number of benzene rings is 1. The lowest BCUT2D eigenvalue weighted by Gasteiger charge is -2.36. The quantitative estimate of drug-likeness (QED) is 0.496. The molecule has 1 aromatic rings. The van der Waals surface area contributed by atoms with E-state index in [9.17, 15) is 0 Å². The van der Waals surface area contributed by atoms with Crippen LogP contribution in [-0.4, -0.2) is 78.3 Å². The third kappa shape index (κ3) is 5.11. The van der Waals surface area contributed by atoms with Crippen molar-refractivity contribution in [3.05, 3.63) is 18.2 Å². The highest BCUT2D eigenvalue weighted by Crippen LogP contribution is 2.32. The summed E-state index contributed by atoms with van der Waals surface area (Å²) < 4.78 is 16.2. The first-order chi connectivity index (χ1) is 11.3.